The van der Waals surface area contributed by atoms with E-state index in [9.17, 15) is 13.6 Å². The number of rotatable bonds is 6. The Balaban J connectivity index is 1.54. The van der Waals surface area contributed by atoms with E-state index < -0.39 is 17.5 Å². The number of benzene rings is 2. The minimum atomic E-state index is -0.761. The zero-order valence-electron chi connectivity index (χ0n) is 13.8. The van der Waals surface area contributed by atoms with Gasteiger partial charge in [0.05, 0.1) is 5.56 Å². The molecule has 0 aliphatic carbocycles. The van der Waals surface area contributed by atoms with E-state index in [2.05, 4.69) is 10.3 Å². The molecule has 132 valence electrons. The number of nitrogens with zero attached hydrogens (tertiary/aromatic N) is 1. The van der Waals surface area contributed by atoms with Gasteiger partial charge in [0.25, 0.3) is 5.91 Å². The molecule has 1 aromatic heterocycles. The first-order valence-corrected chi connectivity index (χ1v) is 7.96. The molecule has 1 heterocycles. The number of hydrogen-bond acceptors (Lipinski definition) is 3. The molecule has 1 amide bonds. The molecule has 0 fully saturated rings. The number of pyridine rings is 1. The standard InChI is InChI=1S/C20H16F2N2O2/c21-16-5-8-19(22)18(10-16)20(25)24-12-14-3-6-17(7-4-14)26-13-15-2-1-9-23-11-15/h1-11H,12-13H2,(H,24,25). The van der Waals surface area contributed by atoms with Crippen molar-refractivity contribution in [1.82, 2.24) is 10.3 Å². The third kappa shape index (κ3) is 4.63. The summed E-state index contributed by atoms with van der Waals surface area (Å²) in [4.78, 5) is 16.0. The summed E-state index contributed by atoms with van der Waals surface area (Å²) in [5, 5.41) is 2.57. The maximum absolute atomic E-state index is 13.6. The molecule has 0 radical (unpaired) electrons. The van der Waals surface area contributed by atoms with Crippen molar-refractivity contribution in [3.8, 4) is 5.75 Å². The number of nitrogens with one attached hydrogen (secondary N) is 1. The summed E-state index contributed by atoms with van der Waals surface area (Å²) in [6.45, 7) is 0.598. The zero-order chi connectivity index (χ0) is 18.4. The van der Waals surface area contributed by atoms with E-state index in [1.165, 1.54) is 0 Å². The molecule has 0 aliphatic heterocycles. The van der Waals surface area contributed by atoms with E-state index in [0.29, 0.717) is 12.4 Å². The molecule has 2 aromatic carbocycles. The lowest BCUT2D eigenvalue weighted by Crippen LogP contribution is -2.24. The topological polar surface area (TPSA) is 51.2 Å². The highest BCUT2D eigenvalue weighted by atomic mass is 19.1. The quantitative estimate of drug-likeness (QED) is 0.731. The van der Waals surface area contributed by atoms with Gasteiger partial charge >= 0.3 is 0 Å². The van der Waals surface area contributed by atoms with Gasteiger partial charge in [-0.3, -0.25) is 9.78 Å². The Hall–Kier alpha value is -3.28. The third-order valence-corrected chi connectivity index (χ3v) is 3.68. The molecule has 0 bridgehead atoms. The number of amides is 1. The highest BCUT2D eigenvalue weighted by Gasteiger charge is 2.12. The highest BCUT2D eigenvalue weighted by Crippen LogP contribution is 2.15. The second-order valence-corrected chi connectivity index (χ2v) is 5.60. The molecule has 3 rings (SSSR count). The van der Waals surface area contributed by atoms with Gasteiger partial charge in [-0.2, -0.15) is 0 Å². The van der Waals surface area contributed by atoms with Crippen molar-refractivity contribution < 1.29 is 18.3 Å². The van der Waals surface area contributed by atoms with Crippen molar-refractivity contribution in [1.29, 1.82) is 0 Å². The van der Waals surface area contributed by atoms with Crippen LogP contribution in [-0.2, 0) is 13.2 Å². The van der Waals surface area contributed by atoms with Crippen molar-refractivity contribution in [3.63, 3.8) is 0 Å². The minimum absolute atomic E-state index is 0.192. The summed E-state index contributed by atoms with van der Waals surface area (Å²) in [6.07, 6.45) is 3.43. The zero-order valence-corrected chi connectivity index (χ0v) is 13.8. The Kier molecular flexibility index (Phi) is 5.53. The Morgan fingerprint density at radius 3 is 2.58 bits per heavy atom. The van der Waals surface area contributed by atoms with Crippen LogP contribution >= 0.6 is 0 Å². The van der Waals surface area contributed by atoms with Gasteiger partial charge in [0, 0.05) is 24.5 Å². The second kappa shape index (κ2) is 8.20. The van der Waals surface area contributed by atoms with Crippen LogP contribution in [-0.4, -0.2) is 10.9 Å². The van der Waals surface area contributed by atoms with Crippen molar-refractivity contribution in [2.75, 3.05) is 0 Å². The smallest absolute Gasteiger partial charge is 0.254 e. The number of carbonyl (C=O) groups is 1. The van der Waals surface area contributed by atoms with Crippen molar-refractivity contribution >= 4 is 5.91 Å². The van der Waals surface area contributed by atoms with Gasteiger partial charge < -0.3 is 10.1 Å². The number of ether oxygens (including phenoxy) is 1. The molecule has 4 nitrogen and oxygen atoms in total. The fourth-order valence-electron chi connectivity index (χ4n) is 2.30. The summed E-state index contributed by atoms with van der Waals surface area (Å²) < 4.78 is 32.4. The summed E-state index contributed by atoms with van der Waals surface area (Å²) in [6, 6.07) is 13.7. The van der Waals surface area contributed by atoms with E-state index in [0.717, 1.165) is 29.3 Å². The van der Waals surface area contributed by atoms with Gasteiger partial charge in [0.1, 0.15) is 24.0 Å². The first-order valence-electron chi connectivity index (χ1n) is 7.96. The van der Waals surface area contributed by atoms with E-state index in [1.807, 2.05) is 12.1 Å². The van der Waals surface area contributed by atoms with Gasteiger partial charge in [-0.25, -0.2) is 8.78 Å². The van der Waals surface area contributed by atoms with Crippen LogP contribution in [0.5, 0.6) is 5.75 Å². The second-order valence-electron chi connectivity index (χ2n) is 5.60. The number of halogens is 2. The average molecular weight is 354 g/mol. The Morgan fingerprint density at radius 2 is 1.85 bits per heavy atom. The summed E-state index contributed by atoms with van der Waals surface area (Å²) in [5.41, 5.74) is 1.45. The molecule has 6 heteroatoms. The Morgan fingerprint density at radius 1 is 1.04 bits per heavy atom. The molecular weight excluding hydrogens is 338 g/mol. The van der Waals surface area contributed by atoms with Crippen LogP contribution in [0.3, 0.4) is 0 Å². The molecule has 0 atom stereocenters. The molecule has 0 spiro atoms. The van der Waals surface area contributed by atoms with Crippen LogP contribution in [0.15, 0.2) is 67.0 Å². The molecule has 26 heavy (non-hydrogen) atoms. The first-order chi connectivity index (χ1) is 12.6. The van der Waals surface area contributed by atoms with E-state index in [4.69, 9.17) is 4.74 Å². The molecule has 0 unspecified atom stereocenters. The van der Waals surface area contributed by atoms with E-state index >= 15 is 0 Å². The third-order valence-electron chi connectivity index (χ3n) is 3.68. The number of aromatic nitrogens is 1. The lowest BCUT2D eigenvalue weighted by atomic mass is 10.1. The molecule has 1 N–H and O–H groups in total. The highest BCUT2D eigenvalue weighted by molar-refractivity contribution is 5.94. The van der Waals surface area contributed by atoms with Crippen LogP contribution in [0, 0.1) is 11.6 Å². The Bertz CT molecular complexity index is 884. The number of hydrogen-bond donors (Lipinski definition) is 1. The summed E-state index contributed by atoms with van der Waals surface area (Å²) >= 11 is 0. The van der Waals surface area contributed by atoms with Gasteiger partial charge in [-0.1, -0.05) is 18.2 Å². The fourth-order valence-corrected chi connectivity index (χ4v) is 2.30. The van der Waals surface area contributed by atoms with Gasteiger partial charge in [-0.15, -0.1) is 0 Å². The van der Waals surface area contributed by atoms with Gasteiger partial charge in [0.15, 0.2) is 0 Å². The lowest BCUT2D eigenvalue weighted by molar-refractivity contribution is 0.0946. The normalized spacial score (nSPS) is 10.4. The maximum Gasteiger partial charge on any atom is 0.254 e. The average Bonchev–Trinajstić information content (AvgIpc) is 2.68. The van der Waals surface area contributed by atoms with Crippen molar-refractivity contribution in [3.05, 3.63) is 95.3 Å². The van der Waals surface area contributed by atoms with Gasteiger partial charge in [-0.05, 0) is 42.0 Å². The predicted octanol–water partition coefficient (Wildman–Crippen LogP) is 3.87. The lowest BCUT2D eigenvalue weighted by Gasteiger charge is -2.09. The predicted molar refractivity (Wildman–Crippen MR) is 92.5 cm³/mol. The molecule has 0 saturated carbocycles. The van der Waals surface area contributed by atoms with Crippen molar-refractivity contribution in [2.45, 2.75) is 13.2 Å². The molecular formula is C20H16F2N2O2. The number of carbonyl (C=O) groups excluding carboxylic acids is 1. The van der Waals surface area contributed by atoms with E-state index in [1.54, 1.807) is 36.7 Å². The van der Waals surface area contributed by atoms with E-state index in [-0.39, 0.29) is 12.1 Å². The van der Waals surface area contributed by atoms with Crippen molar-refractivity contribution in [2.24, 2.45) is 0 Å². The van der Waals surface area contributed by atoms with Gasteiger partial charge in [0.2, 0.25) is 0 Å². The van der Waals surface area contributed by atoms with Crippen LogP contribution in [0.25, 0.3) is 0 Å². The van der Waals surface area contributed by atoms with Crippen LogP contribution < -0.4 is 10.1 Å². The minimum Gasteiger partial charge on any atom is -0.489 e. The van der Waals surface area contributed by atoms with Crippen LogP contribution in [0.1, 0.15) is 21.5 Å². The molecule has 3 aromatic rings. The first kappa shape index (κ1) is 17.5. The monoisotopic (exact) mass is 354 g/mol. The summed E-state index contributed by atoms with van der Waals surface area (Å²) in [7, 11) is 0. The van der Waals surface area contributed by atoms with Crippen LogP contribution in [0.2, 0.25) is 0 Å². The maximum atomic E-state index is 13.6. The molecule has 0 saturated heterocycles. The summed E-state index contributed by atoms with van der Waals surface area (Å²) in [5.74, 6) is -1.41. The van der Waals surface area contributed by atoms with Crippen LogP contribution in [0.4, 0.5) is 8.78 Å². The Labute approximate surface area is 149 Å². The molecule has 0 aliphatic rings. The fraction of sp³-hybridized carbons (Fsp3) is 0.100. The SMILES string of the molecule is O=C(NCc1ccc(OCc2cccnc2)cc1)c1cc(F)ccc1F. The largest absolute Gasteiger partial charge is 0.489 e.